The number of benzene rings is 3. The molecule has 0 fully saturated rings. The van der Waals surface area contributed by atoms with Crippen LogP contribution in [-0.4, -0.2) is 25.2 Å². The van der Waals surface area contributed by atoms with Gasteiger partial charge in [-0.2, -0.15) is 5.26 Å². The molecule has 39 heavy (non-hydrogen) atoms. The van der Waals surface area contributed by atoms with E-state index in [1.807, 2.05) is 42.5 Å². The first-order valence-corrected chi connectivity index (χ1v) is 13.4. The summed E-state index contributed by atoms with van der Waals surface area (Å²) in [7, 11) is 0. The molecule has 0 N–H and O–H groups in total. The van der Waals surface area contributed by atoms with E-state index in [9.17, 15) is 14.9 Å². The molecule has 3 aromatic carbocycles. The normalized spacial score (nSPS) is 10.3. The summed E-state index contributed by atoms with van der Waals surface area (Å²) in [5, 5.41) is 9.46. The minimum atomic E-state index is -0.527. The molecule has 3 rings (SSSR count). The van der Waals surface area contributed by atoms with Crippen molar-refractivity contribution in [2.75, 3.05) is 13.2 Å². The smallest absolute Gasteiger partial charge is 0.343 e. The molecule has 0 bridgehead atoms. The topological polar surface area (TPSA) is 85.6 Å². The van der Waals surface area contributed by atoms with Crippen molar-refractivity contribution in [1.82, 2.24) is 0 Å². The maximum absolute atomic E-state index is 12.7. The molecule has 0 amide bonds. The van der Waals surface area contributed by atoms with Crippen LogP contribution < -0.4 is 9.47 Å². The Hall–Kier alpha value is -4.37. The quantitative estimate of drug-likeness (QED) is 0.0825. The number of carbonyl (C=O) groups is 2. The molecule has 0 unspecified atom stereocenters. The zero-order valence-corrected chi connectivity index (χ0v) is 22.3. The van der Waals surface area contributed by atoms with E-state index in [4.69, 9.17) is 14.2 Å². The lowest BCUT2D eigenvalue weighted by molar-refractivity contribution is -0.137. The zero-order chi connectivity index (χ0) is 27.7. The molecule has 6 heteroatoms. The Balaban J connectivity index is 1.37. The molecule has 0 aromatic heterocycles. The fourth-order valence-electron chi connectivity index (χ4n) is 4.04. The van der Waals surface area contributed by atoms with E-state index in [1.54, 1.807) is 30.3 Å². The van der Waals surface area contributed by atoms with Crippen molar-refractivity contribution in [2.45, 2.75) is 51.4 Å². The lowest BCUT2D eigenvalue weighted by Gasteiger charge is -2.10. The molecular weight excluding hydrogens is 490 g/mol. The summed E-state index contributed by atoms with van der Waals surface area (Å²) in [6.45, 7) is 4.39. The number of rotatable bonds is 16. The molecule has 0 aliphatic rings. The highest BCUT2D eigenvalue weighted by Crippen LogP contribution is 2.26. The largest absolute Gasteiger partial charge is 0.493 e. The van der Waals surface area contributed by atoms with Crippen LogP contribution in [0.25, 0.3) is 11.1 Å². The van der Waals surface area contributed by atoms with Gasteiger partial charge in [0, 0.05) is 12.1 Å². The zero-order valence-electron chi connectivity index (χ0n) is 22.3. The van der Waals surface area contributed by atoms with E-state index in [0.717, 1.165) is 62.5 Å². The Morgan fingerprint density at radius 3 is 2.03 bits per heavy atom. The average molecular weight is 526 g/mol. The Kier molecular flexibility index (Phi) is 12.3. The first-order valence-electron chi connectivity index (χ1n) is 13.4. The second-order valence-electron chi connectivity index (χ2n) is 9.15. The van der Waals surface area contributed by atoms with Crippen LogP contribution in [0.4, 0.5) is 0 Å². The molecule has 0 saturated carbocycles. The van der Waals surface area contributed by atoms with Crippen LogP contribution in [0.3, 0.4) is 0 Å². The van der Waals surface area contributed by atoms with Crippen LogP contribution >= 0.6 is 0 Å². The van der Waals surface area contributed by atoms with Gasteiger partial charge >= 0.3 is 11.9 Å². The van der Waals surface area contributed by atoms with Gasteiger partial charge in [-0.1, -0.05) is 87.6 Å². The van der Waals surface area contributed by atoms with Crippen LogP contribution in [0.5, 0.6) is 11.5 Å². The first-order chi connectivity index (χ1) is 19.1. The van der Waals surface area contributed by atoms with Gasteiger partial charge in [0.25, 0.3) is 0 Å². The summed E-state index contributed by atoms with van der Waals surface area (Å²) in [6.07, 6.45) is 9.69. The number of unbranched alkanes of at least 4 members (excludes halogenated alkanes) is 7. The van der Waals surface area contributed by atoms with Gasteiger partial charge in [0.05, 0.1) is 24.3 Å². The second-order valence-corrected chi connectivity index (χ2v) is 9.15. The first kappa shape index (κ1) is 29.2. The molecule has 0 atom stereocenters. The Morgan fingerprint density at radius 2 is 1.38 bits per heavy atom. The molecule has 0 heterocycles. The van der Waals surface area contributed by atoms with Gasteiger partial charge in [0.15, 0.2) is 5.75 Å². The minimum absolute atomic E-state index is 0.186. The third kappa shape index (κ3) is 10.1. The molecule has 0 aliphatic heterocycles. The van der Waals surface area contributed by atoms with Crippen molar-refractivity contribution < 1.29 is 23.8 Å². The van der Waals surface area contributed by atoms with E-state index in [2.05, 4.69) is 12.6 Å². The lowest BCUT2D eigenvalue weighted by Crippen LogP contribution is -2.09. The Morgan fingerprint density at radius 1 is 0.769 bits per heavy atom. The number of carbonyl (C=O) groups excluding carboxylic acids is 2. The molecule has 202 valence electrons. The predicted molar refractivity (Wildman–Crippen MR) is 152 cm³/mol. The molecule has 0 spiro atoms. The van der Waals surface area contributed by atoms with E-state index < -0.39 is 5.97 Å². The van der Waals surface area contributed by atoms with E-state index in [0.29, 0.717) is 24.5 Å². The molecule has 0 aliphatic carbocycles. The summed E-state index contributed by atoms with van der Waals surface area (Å²) in [6, 6.07) is 24.1. The third-order valence-electron chi connectivity index (χ3n) is 6.22. The Labute approximate surface area is 230 Å². The van der Waals surface area contributed by atoms with Gasteiger partial charge in [-0.15, -0.1) is 0 Å². The fourth-order valence-corrected chi connectivity index (χ4v) is 4.04. The van der Waals surface area contributed by atoms with Crippen molar-refractivity contribution in [3.63, 3.8) is 0 Å². The third-order valence-corrected chi connectivity index (χ3v) is 6.22. The van der Waals surface area contributed by atoms with Crippen molar-refractivity contribution in [3.8, 4) is 28.7 Å². The summed E-state index contributed by atoms with van der Waals surface area (Å²) < 4.78 is 16.4. The highest BCUT2D eigenvalue weighted by Gasteiger charge is 2.13. The van der Waals surface area contributed by atoms with E-state index >= 15 is 0 Å². The maximum atomic E-state index is 12.7. The standard InChI is InChI=1S/C33H35NO5/c1-2-32(35)38-23-13-8-6-4-3-5-7-12-22-37-30-21-20-29(25-34)31(24-30)39-33(36)28-18-16-27(17-19-28)26-14-10-9-11-15-26/h2,9-11,14-21,24H,1,3-8,12-13,22-23H2. The monoisotopic (exact) mass is 525 g/mol. The lowest BCUT2D eigenvalue weighted by atomic mass is 10.0. The molecule has 0 saturated heterocycles. The predicted octanol–water partition coefficient (Wildman–Crippen LogP) is 7.67. The Bertz CT molecular complexity index is 1250. The van der Waals surface area contributed by atoms with Crippen LogP contribution in [0, 0.1) is 11.3 Å². The van der Waals surface area contributed by atoms with Gasteiger partial charge in [-0.25, -0.2) is 9.59 Å². The van der Waals surface area contributed by atoms with Crippen molar-refractivity contribution in [1.29, 1.82) is 5.26 Å². The van der Waals surface area contributed by atoms with E-state index in [-0.39, 0.29) is 17.3 Å². The van der Waals surface area contributed by atoms with E-state index in [1.165, 1.54) is 6.08 Å². The molecular formula is C33H35NO5. The van der Waals surface area contributed by atoms with Crippen LogP contribution in [0.15, 0.2) is 85.5 Å². The minimum Gasteiger partial charge on any atom is -0.493 e. The SMILES string of the molecule is C=CC(=O)OCCCCCCCCCCOc1ccc(C#N)c(OC(=O)c2ccc(-c3ccccc3)cc2)c1. The summed E-state index contributed by atoms with van der Waals surface area (Å²) in [5.74, 6) is -0.138. The number of hydrogen-bond acceptors (Lipinski definition) is 6. The number of esters is 2. The van der Waals surface area contributed by atoms with Gasteiger partial charge in [0.2, 0.25) is 0 Å². The summed E-state index contributed by atoms with van der Waals surface area (Å²) in [4.78, 5) is 23.7. The maximum Gasteiger partial charge on any atom is 0.343 e. The molecule has 0 radical (unpaired) electrons. The number of hydrogen-bond donors (Lipinski definition) is 0. The second kappa shape index (κ2) is 16.5. The van der Waals surface area contributed by atoms with Crippen LogP contribution in [-0.2, 0) is 9.53 Å². The van der Waals surface area contributed by atoms with Crippen molar-refractivity contribution in [3.05, 3.63) is 96.6 Å². The number of nitriles is 1. The van der Waals surface area contributed by atoms with Gasteiger partial charge in [0.1, 0.15) is 11.8 Å². The molecule has 6 nitrogen and oxygen atoms in total. The van der Waals surface area contributed by atoms with Crippen molar-refractivity contribution >= 4 is 11.9 Å². The number of nitrogens with zero attached hydrogens (tertiary/aromatic N) is 1. The fraction of sp³-hybridized carbons (Fsp3) is 0.303. The highest BCUT2D eigenvalue weighted by molar-refractivity contribution is 5.92. The number of ether oxygens (including phenoxy) is 3. The van der Waals surface area contributed by atoms with Crippen LogP contribution in [0.2, 0.25) is 0 Å². The van der Waals surface area contributed by atoms with Crippen LogP contribution in [0.1, 0.15) is 67.3 Å². The van der Waals surface area contributed by atoms with Gasteiger partial charge in [-0.05, 0) is 48.2 Å². The average Bonchev–Trinajstić information content (AvgIpc) is 2.98. The van der Waals surface area contributed by atoms with Gasteiger partial charge in [-0.3, -0.25) is 0 Å². The molecule has 3 aromatic rings. The summed E-state index contributed by atoms with van der Waals surface area (Å²) in [5.41, 5.74) is 2.75. The highest BCUT2D eigenvalue weighted by atomic mass is 16.5. The van der Waals surface area contributed by atoms with Gasteiger partial charge < -0.3 is 14.2 Å². The summed E-state index contributed by atoms with van der Waals surface area (Å²) >= 11 is 0. The van der Waals surface area contributed by atoms with Crippen molar-refractivity contribution in [2.24, 2.45) is 0 Å².